The molecule has 3 aliphatic rings. The number of carbonyl (C=O) groups excluding carboxylic acids is 1. The van der Waals surface area contributed by atoms with Crippen molar-refractivity contribution in [1.29, 1.82) is 0 Å². The minimum absolute atomic E-state index is 0.0210. The molecule has 1 aromatic carbocycles. The highest BCUT2D eigenvalue weighted by Crippen LogP contribution is 2.45. The lowest BCUT2D eigenvalue weighted by atomic mass is 9.85. The maximum atomic E-state index is 11.2. The number of fused-ring (bicyclic) bond motifs is 3. The fourth-order valence-corrected chi connectivity index (χ4v) is 2.60. The van der Waals surface area contributed by atoms with E-state index in [9.17, 15) is 4.79 Å². The van der Waals surface area contributed by atoms with Gasteiger partial charge in [-0.05, 0) is 37.6 Å². The molecule has 0 radical (unpaired) electrons. The molecule has 0 unspecified atom stereocenters. The summed E-state index contributed by atoms with van der Waals surface area (Å²) >= 11 is 0. The first-order valence-electron chi connectivity index (χ1n) is 7.83. The molecule has 5 heteroatoms. The van der Waals surface area contributed by atoms with Gasteiger partial charge in [-0.3, -0.25) is 0 Å². The van der Waals surface area contributed by atoms with E-state index in [0.29, 0.717) is 32.0 Å². The summed E-state index contributed by atoms with van der Waals surface area (Å²) in [5, 5.41) is 0. The highest BCUT2D eigenvalue weighted by atomic mass is 16.9. The fraction of sp³-hybridized carbons (Fsp3) is 0.500. The molecule has 0 amide bonds. The van der Waals surface area contributed by atoms with Crippen molar-refractivity contribution in [1.82, 2.24) is 0 Å². The summed E-state index contributed by atoms with van der Waals surface area (Å²) in [5.74, 6) is 3.57. The molecule has 5 nitrogen and oxygen atoms in total. The van der Waals surface area contributed by atoms with Gasteiger partial charge in [0.15, 0.2) is 0 Å². The van der Waals surface area contributed by atoms with Gasteiger partial charge in [0.2, 0.25) is 0 Å². The van der Waals surface area contributed by atoms with Crippen LogP contribution in [-0.4, -0.2) is 32.4 Å². The Morgan fingerprint density at radius 3 is 2.26 bits per heavy atom. The number of hydrogen-bond donors (Lipinski definition) is 0. The Labute approximate surface area is 135 Å². The largest absolute Gasteiger partial charge is 0.456 e. The predicted octanol–water partition coefficient (Wildman–Crippen LogP) is 2.18. The van der Waals surface area contributed by atoms with E-state index >= 15 is 0 Å². The molecule has 3 aliphatic heterocycles. The van der Waals surface area contributed by atoms with Crippen LogP contribution in [0.15, 0.2) is 24.3 Å². The minimum Gasteiger partial charge on any atom is -0.456 e. The highest BCUT2D eigenvalue weighted by Gasteiger charge is 2.52. The van der Waals surface area contributed by atoms with Crippen LogP contribution in [0.5, 0.6) is 0 Å². The molecule has 0 aliphatic carbocycles. The van der Waals surface area contributed by atoms with Gasteiger partial charge in [0.25, 0.3) is 0 Å². The standard InChI is InChI=1S/C18H20O5/c1-3-17-11-21-18(22-12-17,23-13-17)15-8-5-14(6-9-15)7-10-16(19)20-4-2/h5-6,8-9H,3-4,11-13H2,1-2H3. The Morgan fingerprint density at radius 1 is 1.13 bits per heavy atom. The van der Waals surface area contributed by atoms with Gasteiger partial charge in [-0.25, -0.2) is 4.79 Å². The summed E-state index contributed by atoms with van der Waals surface area (Å²) in [6.07, 6.45) is 0.964. The van der Waals surface area contributed by atoms with Gasteiger partial charge in [0.05, 0.1) is 26.4 Å². The van der Waals surface area contributed by atoms with Crippen molar-refractivity contribution in [2.75, 3.05) is 26.4 Å². The maximum Gasteiger partial charge on any atom is 0.384 e. The van der Waals surface area contributed by atoms with Crippen molar-refractivity contribution in [3.05, 3.63) is 35.4 Å². The molecular formula is C18H20O5. The number of rotatable bonds is 3. The van der Waals surface area contributed by atoms with Crippen LogP contribution >= 0.6 is 0 Å². The second kappa shape index (κ2) is 6.32. The molecule has 23 heavy (non-hydrogen) atoms. The number of esters is 1. The van der Waals surface area contributed by atoms with Crippen LogP contribution in [0.2, 0.25) is 0 Å². The second-order valence-corrected chi connectivity index (χ2v) is 5.82. The highest BCUT2D eigenvalue weighted by molar-refractivity contribution is 5.89. The van der Waals surface area contributed by atoms with Gasteiger partial charge in [-0.2, -0.15) is 0 Å². The Bertz CT molecular complexity index is 613. The van der Waals surface area contributed by atoms with Gasteiger partial charge >= 0.3 is 11.9 Å². The van der Waals surface area contributed by atoms with Crippen LogP contribution in [-0.2, 0) is 29.7 Å². The van der Waals surface area contributed by atoms with Crippen molar-refractivity contribution < 1.29 is 23.7 Å². The van der Waals surface area contributed by atoms with Gasteiger partial charge in [0, 0.05) is 22.5 Å². The zero-order chi connectivity index (χ0) is 16.3. The summed E-state index contributed by atoms with van der Waals surface area (Å²) in [6.45, 7) is 6.08. The van der Waals surface area contributed by atoms with Gasteiger partial charge < -0.3 is 18.9 Å². The van der Waals surface area contributed by atoms with Gasteiger partial charge in [0.1, 0.15) is 0 Å². The molecule has 0 N–H and O–H groups in total. The molecule has 3 fully saturated rings. The Hall–Kier alpha value is -1.87. The second-order valence-electron chi connectivity index (χ2n) is 5.82. The first-order chi connectivity index (χ1) is 11.1. The van der Waals surface area contributed by atoms with Gasteiger partial charge in [-0.1, -0.05) is 12.8 Å². The Morgan fingerprint density at radius 2 is 1.74 bits per heavy atom. The fourth-order valence-electron chi connectivity index (χ4n) is 2.60. The van der Waals surface area contributed by atoms with Crippen molar-refractivity contribution in [3.63, 3.8) is 0 Å². The van der Waals surface area contributed by atoms with Crippen molar-refractivity contribution in [3.8, 4) is 11.8 Å². The van der Waals surface area contributed by atoms with E-state index in [1.54, 1.807) is 6.92 Å². The number of hydrogen-bond acceptors (Lipinski definition) is 5. The van der Waals surface area contributed by atoms with E-state index in [-0.39, 0.29) is 5.41 Å². The van der Waals surface area contributed by atoms with Crippen LogP contribution in [0.1, 0.15) is 31.4 Å². The number of ether oxygens (including phenoxy) is 4. The molecule has 0 atom stereocenters. The maximum absolute atomic E-state index is 11.2. The summed E-state index contributed by atoms with van der Waals surface area (Å²) in [6, 6.07) is 7.31. The zero-order valence-electron chi connectivity index (χ0n) is 13.4. The van der Waals surface area contributed by atoms with Crippen molar-refractivity contribution in [2.45, 2.75) is 26.2 Å². The number of benzene rings is 1. The van der Waals surface area contributed by atoms with E-state index in [2.05, 4.69) is 18.8 Å². The quantitative estimate of drug-likeness (QED) is 0.632. The smallest absolute Gasteiger partial charge is 0.384 e. The molecule has 4 rings (SSSR count). The molecule has 0 aromatic heterocycles. The normalized spacial score (nSPS) is 28.8. The molecule has 0 saturated carbocycles. The lowest BCUT2D eigenvalue weighted by Crippen LogP contribution is -2.58. The zero-order valence-corrected chi connectivity index (χ0v) is 13.4. The molecule has 3 heterocycles. The molecule has 1 aromatic rings. The third-order valence-electron chi connectivity index (χ3n) is 4.28. The van der Waals surface area contributed by atoms with E-state index in [4.69, 9.17) is 18.9 Å². The van der Waals surface area contributed by atoms with Gasteiger partial charge in [-0.15, -0.1) is 0 Å². The van der Waals surface area contributed by atoms with E-state index in [0.717, 1.165) is 12.0 Å². The summed E-state index contributed by atoms with van der Waals surface area (Å²) in [7, 11) is 0. The third kappa shape index (κ3) is 3.11. The number of carbonyl (C=O) groups is 1. The lowest BCUT2D eigenvalue weighted by Gasteiger charge is -2.51. The van der Waals surface area contributed by atoms with Crippen LogP contribution in [0.3, 0.4) is 0 Å². The SMILES string of the molecule is CCOC(=O)C#Cc1ccc(C23OCC(CC)(CO2)CO3)cc1. The van der Waals surface area contributed by atoms with Crippen molar-refractivity contribution >= 4 is 5.97 Å². The summed E-state index contributed by atoms with van der Waals surface area (Å²) in [4.78, 5) is 11.2. The molecule has 3 saturated heterocycles. The molecule has 122 valence electrons. The Balaban J connectivity index is 1.72. The molecular weight excluding hydrogens is 296 g/mol. The van der Waals surface area contributed by atoms with Crippen LogP contribution in [0.25, 0.3) is 0 Å². The first kappa shape index (κ1) is 16.0. The molecule has 0 spiro atoms. The van der Waals surface area contributed by atoms with Crippen molar-refractivity contribution in [2.24, 2.45) is 5.41 Å². The van der Waals surface area contributed by atoms with Crippen LogP contribution in [0, 0.1) is 17.3 Å². The van der Waals surface area contributed by atoms with Crippen LogP contribution < -0.4 is 0 Å². The first-order valence-corrected chi connectivity index (χ1v) is 7.83. The predicted molar refractivity (Wildman–Crippen MR) is 82.2 cm³/mol. The average molecular weight is 316 g/mol. The topological polar surface area (TPSA) is 54.0 Å². The van der Waals surface area contributed by atoms with E-state index < -0.39 is 11.9 Å². The van der Waals surface area contributed by atoms with E-state index in [1.807, 2.05) is 24.3 Å². The lowest BCUT2D eigenvalue weighted by molar-refractivity contribution is -0.480. The van der Waals surface area contributed by atoms with E-state index in [1.165, 1.54) is 0 Å². The monoisotopic (exact) mass is 316 g/mol. The minimum atomic E-state index is -1.11. The summed E-state index contributed by atoms with van der Waals surface area (Å²) in [5.41, 5.74) is 1.49. The molecule has 2 bridgehead atoms. The van der Waals surface area contributed by atoms with Crippen LogP contribution in [0.4, 0.5) is 0 Å². The Kier molecular flexibility index (Phi) is 4.40. The summed E-state index contributed by atoms with van der Waals surface area (Å²) < 4.78 is 22.3. The third-order valence-corrected chi connectivity index (χ3v) is 4.28. The average Bonchev–Trinajstić information content (AvgIpc) is 2.62.